The summed E-state index contributed by atoms with van der Waals surface area (Å²) < 4.78 is 35.9. The molecule has 134 valence electrons. The van der Waals surface area contributed by atoms with Gasteiger partial charge in [0, 0.05) is 25.8 Å². The number of morpholine rings is 1. The molecule has 3 heterocycles. The number of hydrogen-bond acceptors (Lipinski definition) is 7. The van der Waals surface area contributed by atoms with Gasteiger partial charge in [0.25, 0.3) is 0 Å². The van der Waals surface area contributed by atoms with Gasteiger partial charge in [-0.25, -0.2) is 18.4 Å². The summed E-state index contributed by atoms with van der Waals surface area (Å²) in [7, 11) is -3.29. The second-order valence-corrected chi connectivity index (χ2v) is 8.84. The number of hydrogen-bond donors (Lipinski definition) is 0. The first kappa shape index (κ1) is 17.8. The van der Waals surface area contributed by atoms with Gasteiger partial charge < -0.3 is 14.4 Å². The van der Waals surface area contributed by atoms with Crippen LogP contribution in [-0.2, 0) is 25.1 Å². The maximum Gasteiger partial charge on any atom is 0.224 e. The van der Waals surface area contributed by atoms with Gasteiger partial charge in [0.15, 0.2) is 9.84 Å². The standard InChI is InChI=1S/C15H22ClN3O4S/c1-11-9-23-7-4-19(11)14-8-12(17-15(16)18-14)10-24(20,21)13-2-5-22-6-3-13/h8,11,13H,2-7,9-10H2,1H3/t11-/m0/s1. The Morgan fingerprint density at radius 3 is 2.71 bits per heavy atom. The molecule has 2 aliphatic heterocycles. The van der Waals surface area contributed by atoms with Gasteiger partial charge in [-0.05, 0) is 31.4 Å². The fourth-order valence-corrected chi connectivity index (χ4v) is 5.00. The summed E-state index contributed by atoms with van der Waals surface area (Å²) in [6.07, 6.45) is 1.07. The third kappa shape index (κ3) is 4.17. The first-order chi connectivity index (χ1) is 11.5. The van der Waals surface area contributed by atoms with Crippen LogP contribution in [0.25, 0.3) is 0 Å². The van der Waals surface area contributed by atoms with E-state index in [0.29, 0.717) is 57.3 Å². The SMILES string of the molecule is C[C@H]1COCCN1c1cc(CS(=O)(=O)C2CCOCC2)nc(Cl)n1. The lowest BCUT2D eigenvalue weighted by Crippen LogP contribution is -2.44. The second kappa shape index (κ2) is 7.51. The number of ether oxygens (including phenoxy) is 2. The number of rotatable bonds is 4. The largest absolute Gasteiger partial charge is 0.381 e. The highest BCUT2D eigenvalue weighted by Crippen LogP contribution is 2.24. The molecule has 3 rings (SSSR count). The molecule has 1 aromatic heterocycles. The molecule has 0 unspecified atom stereocenters. The number of nitrogens with zero attached hydrogens (tertiary/aromatic N) is 3. The van der Waals surface area contributed by atoms with Gasteiger partial charge in [0.2, 0.25) is 5.28 Å². The molecule has 7 nitrogen and oxygen atoms in total. The second-order valence-electron chi connectivity index (χ2n) is 6.22. The zero-order valence-electron chi connectivity index (χ0n) is 13.6. The van der Waals surface area contributed by atoms with Gasteiger partial charge in [-0.3, -0.25) is 0 Å². The van der Waals surface area contributed by atoms with Crippen molar-refractivity contribution in [3.8, 4) is 0 Å². The van der Waals surface area contributed by atoms with Crippen molar-refractivity contribution in [2.45, 2.75) is 36.8 Å². The van der Waals surface area contributed by atoms with E-state index in [4.69, 9.17) is 21.1 Å². The molecular formula is C15H22ClN3O4S. The molecule has 2 saturated heterocycles. The Balaban J connectivity index is 1.80. The van der Waals surface area contributed by atoms with Crippen LogP contribution < -0.4 is 4.90 Å². The predicted octanol–water partition coefficient (Wildman–Crippen LogP) is 1.45. The van der Waals surface area contributed by atoms with E-state index in [-0.39, 0.29) is 22.3 Å². The van der Waals surface area contributed by atoms with Crippen LogP contribution >= 0.6 is 11.6 Å². The van der Waals surface area contributed by atoms with E-state index in [1.807, 2.05) is 6.92 Å². The maximum absolute atomic E-state index is 12.6. The minimum atomic E-state index is -3.29. The molecule has 1 aromatic rings. The molecule has 0 aliphatic carbocycles. The van der Waals surface area contributed by atoms with E-state index >= 15 is 0 Å². The van der Waals surface area contributed by atoms with Crippen molar-refractivity contribution < 1.29 is 17.9 Å². The topological polar surface area (TPSA) is 81.6 Å². The van der Waals surface area contributed by atoms with Crippen molar-refractivity contribution in [1.29, 1.82) is 0 Å². The number of sulfone groups is 1. The zero-order valence-corrected chi connectivity index (χ0v) is 15.2. The van der Waals surface area contributed by atoms with Crippen molar-refractivity contribution >= 4 is 27.3 Å². The highest BCUT2D eigenvalue weighted by atomic mass is 35.5. The van der Waals surface area contributed by atoms with Crippen LogP contribution in [-0.4, -0.2) is 62.6 Å². The maximum atomic E-state index is 12.6. The predicted molar refractivity (Wildman–Crippen MR) is 91.1 cm³/mol. The average molecular weight is 376 g/mol. The van der Waals surface area contributed by atoms with E-state index in [0.717, 1.165) is 0 Å². The van der Waals surface area contributed by atoms with Gasteiger partial charge in [-0.2, -0.15) is 0 Å². The molecule has 0 bridgehead atoms. The highest BCUT2D eigenvalue weighted by Gasteiger charge is 2.29. The molecule has 9 heteroatoms. The zero-order chi connectivity index (χ0) is 17.2. The van der Waals surface area contributed by atoms with Crippen LogP contribution in [0.5, 0.6) is 0 Å². The van der Waals surface area contributed by atoms with Crippen LogP contribution in [0, 0.1) is 0 Å². The number of aromatic nitrogens is 2. The monoisotopic (exact) mass is 375 g/mol. The Labute approximate surface area is 147 Å². The lowest BCUT2D eigenvalue weighted by atomic mass is 10.2. The van der Waals surface area contributed by atoms with Crippen molar-refractivity contribution in [3.05, 3.63) is 17.0 Å². The van der Waals surface area contributed by atoms with Crippen molar-refractivity contribution in [2.24, 2.45) is 0 Å². The number of halogens is 1. The van der Waals surface area contributed by atoms with Crippen LogP contribution in [0.1, 0.15) is 25.5 Å². The van der Waals surface area contributed by atoms with Crippen molar-refractivity contribution in [1.82, 2.24) is 9.97 Å². The average Bonchev–Trinajstić information content (AvgIpc) is 2.55. The van der Waals surface area contributed by atoms with E-state index in [9.17, 15) is 8.42 Å². The first-order valence-electron chi connectivity index (χ1n) is 8.13. The van der Waals surface area contributed by atoms with Crippen LogP contribution in [0.4, 0.5) is 5.82 Å². The Bertz CT molecular complexity index is 679. The van der Waals surface area contributed by atoms with E-state index in [1.165, 1.54) is 0 Å². The summed E-state index contributed by atoms with van der Waals surface area (Å²) in [4.78, 5) is 10.5. The molecule has 0 radical (unpaired) electrons. The molecule has 2 fully saturated rings. The Morgan fingerprint density at radius 1 is 1.25 bits per heavy atom. The summed E-state index contributed by atoms with van der Waals surface area (Å²) in [5.74, 6) is 0.536. The minimum Gasteiger partial charge on any atom is -0.381 e. The molecule has 0 saturated carbocycles. The van der Waals surface area contributed by atoms with Crippen molar-refractivity contribution in [2.75, 3.05) is 37.9 Å². The van der Waals surface area contributed by atoms with Gasteiger partial charge in [0.05, 0.1) is 36.0 Å². The fraction of sp³-hybridized carbons (Fsp3) is 0.733. The molecule has 2 aliphatic rings. The first-order valence-corrected chi connectivity index (χ1v) is 10.2. The normalized spacial score (nSPS) is 23.4. The Kier molecular flexibility index (Phi) is 5.59. The van der Waals surface area contributed by atoms with E-state index in [2.05, 4.69) is 14.9 Å². The van der Waals surface area contributed by atoms with E-state index < -0.39 is 9.84 Å². The van der Waals surface area contributed by atoms with Crippen LogP contribution in [0.3, 0.4) is 0 Å². The lowest BCUT2D eigenvalue weighted by molar-refractivity contribution is 0.0983. The fourth-order valence-electron chi connectivity index (χ4n) is 3.10. The Hall–Kier alpha value is -0.960. The summed E-state index contributed by atoms with van der Waals surface area (Å²) in [6.45, 7) is 4.93. The molecule has 0 aromatic carbocycles. The molecular weight excluding hydrogens is 354 g/mol. The van der Waals surface area contributed by atoms with Gasteiger partial charge >= 0.3 is 0 Å². The smallest absolute Gasteiger partial charge is 0.224 e. The summed E-state index contributed by atoms with van der Waals surface area (Å²) >= 11 is 6.04. The molecule has 0 amide bonds. The number of anilines is 1. The summed E-state index contributed by atoms with van der Waals surface area (Å²) in [5.41, 5.74) is 0.440. The minimum absolute atomic E-state index is 0.0726. The quantitative estimate of drug-likeness (QED) is 0.736. The molecule has 0 N–H and O–H groups in total. The molecule has 1 atom stereocenters. The van der Waals surface area contributed by atoms with Gasteiger partial charge in [0.1, 0.15) is 5.82 Å². The highest BCUT2D eigenvalue weighted by molar-refractivity contribution is 7.91. The summed E-state index contributed by atoms with van der Waals surface area (Å²) in [6, 6.07) is 1.88. The van der Waals surface area contributed by atoms with Crippen LogP contribution in [0.15, 0.2) is 6.07 Å². The van der Waals surface area contributed by atoms with Gasteiger partial charge in [-0.15, -0.1) is 0 Å². The summed E-state index contributed by atoms with van der Waals surface area (Å²) in [5, 5.41) is -0.297. The van der Waals surface area contributed by atoms with Crippen LogP contribution in [0.2, 0.25) is 5.28 Å². The third-order valence-corrected chi connectivity index (χ3v) is 6.78. The molecule has 0 spiro atoms. The van der Waals surface area contributed by atoms with Gasteiger partial charge in [-0.1, -0.05) is 0 Å². The Morgan fingerprint density at radius 2 is 2.00 bits per heavy atom. The van der Waals surface area contributed by atoms with E-state index in [1.54, 1.807) is 6.07 Å². The third-order valence-electron chi connectivity index (χ3n) is 4.43. The lowest BCUT2D eigenvalue weighted by Gasteiger charge is -2.34. The molecule has 24 heavy (non-hydrogen) atoms. The van der Waals surface area contributed by atoms with Crippen molar-refractivity contribution in [3.63, 3.8) is 0 Å².